The van der Waals surface area contributed by atoms with Gasteiger partial charge in [-0.3, -0.25) is 4.99 Å². The molecule has 0 aliphatic carbocycles. The molecule has 2 nitrogen and oxygen atoms in total. The van der Waals surface area contributed by atoms with Crippen molar-refractivity contribution in [2.24, 2.45) is 10.7 Å². The van der Waals surface area contributed by atoms with Crippen LogP contribution in [-0.2, 0) is 0 Å². The van der Waals surface area contributed by atoms with Gasteiger partial charge in [0.1, 0.15) is 0 Å². The van der Waals surface area contributed by atoms with E-state index in [1.54, 1.807) is 24.6 Å². The van der Waals surface area contributed by atoms with Crippen LogP contribution in [0.1, 0.15) is 5.56 Å². The van der Waals surface area contributed by atoms with Crippen molar-refractivity contribution in [3.8, 4) is 0 Å². The van der Waals surface area contributed by atoms with E-state index in [-0.39, 0.29) is 0 Å². The second-order valence-electron chi connectivity index (χ2n) is 4.31. The number of rotatable bonds is 2. The van der Waals surface area contributed by atoms with Gasteiger partial charge in [-0.25, -0.2) is 0 Å². The summed E-state index contributed by atoms with van der Waals surface area (Å²) in [5.41, 5.74) is 7.98. The van der Waals surface area contributed by atoms with Crippen molar-refractivity contribution in [3.05, 3.63) is 54.1 Å². The zero-order valence-corrected chi connectivity index (χ0v) is 11.4. The normalized spacial score (nSPS) is 12.8. The molecule has 0 fully saturated rings. The van der Waals surface area contributed by atoms with Crippen LogP contribution in [-0.4, -0.2) is 13.3 Å². The molecular formula is C16H14N2S. The summed E-state index contributed by atoms with van der Waals surface area (Å²) in [7, 11) is 1.74. The predicted octanol–water partition coefficient (Wildman–Crippen LogP) is 4.05. The number of aliphatic imine (C=N–C) groups is 1. The minimum Gasteiger partial charge on any atom is -0.398 e. The Bertz CT molecular complexity index is 797. The quantitative estimate of drug-likeness (QED) is 0.698. The van der Waals surface area contributed by atoms with Crippen molar-refractivity contribution < 1.29 is 0 Å². The van der Waals surface area contributed by atoms with E-state index < -0.39 is 0 Å². The first kappa shape index (κ1) is 11.9. The molecule has 1 heterocycles. The highest BCUT2D eigenvalue weighted by atomic mass is 32.1. The van der Waals surface area contributed by atoms with Gasteiger partial charge in [0.15, 0.2) is 0 Å². The van der Waals surface area contributed by atoms with Gasteiger partial charge in [0.25, 0.3) is 0 Å². The third-order valence-corrected chi connectivity index (χ3v) is 4.34. The van der Waals surface area contributed by atoms with Crippen LogP contribution >= 0.6 is 11.3 Å². The van der Waals surface area contributed by atoms with Crippen LogP contribution in [0, 0.1) is 0 Å². The molecule has 0 saturated carbocycles. The molecule has 3 heteroatoms. The van der Waals surface area contributed by atoms with E-state index in [1.165, 1.54) is 20.2 Å². The fourth-order valence-electron chi connectivity index (χ4n) is 2.22. The number of fused-ring (bicyclic) bond motifs is 3. The van der Waals surface area contributed by atoms with Gasteiger partial charge in [-0.1, -0.05) is 36.4 Å². The highest BCUT2D eigenvalue weighted by Gasteiger charge is 2.09. The van der Waals surface area contributed by atoms with Gasteiger partial charge in [0.05, 0.1) is 0 Å². The van der Waals surface area contributed by atoms with Crippen LogP contribution in [0.2, 0.25) is 0 Å². The molecule has 0 spiro atoms. The number of nitrogens with zero attached hydrogens (tertiary/aromatic N) is 1. The van der Waals surface area contributed by atoms with E-state index in [1.807, 2.05) is 6.08 Å². The molecule has 0 bridgehead atoms. The zero-order valence-electron chi connectivity index (χ0n) is 10.6. The lowest BCUT2D eigenvalue weighted by Crippen LogP contribution is -1.96. The molecule has 0 atom stereocenters. The minimum absolute atomic E-state index is 0.753. The summed E-state index contributed by atoms with van der Waals surface area (Å²) in [6.45, 7) is 0. The van der Waals surface area contributed by atoms with Crippen molar-refractivity contribution in [2.75, 3.05) is 7.05 Å². The molecule has 3 rings (SSSR count). The molecule has 0 amide bonds. The molecule has 94 valence electrons. The predicted molar refractivity (Wildman–Crippen MR) is 85.9 cm³/mol. The van der Waals surface area contributed by atoms with Gasteiger partial charge in [-0.05, 0) is 12.1 Å². The Morgan fingerprint density at radius 3 is 2.74 bits per heavy atom. The Morgan fingerprint density at radius 2 is 1.89 bits per heavy atom. The van der Waals surface area contributed by atoms with Gasteiger partial charge in [-0.15, -0.1) is 11.3 Å². The van der Waals surface area contributed by atoms with E-state index in [9.17, 15) is 0 Å². The van der Waals surface area contributed by atoms with Gasteiger partial charge < -0.3 is 5.73 Å². The number of nitrogens with two attached hydrogens (primary N) is 1. The van der Waals surface area contributed by atoms with Crippen LogP contribution in [0.25, 0.3) is 25.9 Å². The number of allylic oxidation sites excluding steroid dienone is 1. The number of thiophene rings is 1. The molecule has 19 heavy (non-hydrogen) atoms. The molecule has 3 aromatic rings. The van der Waals surface area contributed by atoms with Gasteiger partial charge >= 0.3 is 0 Å². The second kappa shape index (κ2) is 4.86. The molecule has 2 aromatic carbocycles. The first-order chi connectivity index (χ1) is 9.31. The zero-order chi connectivity index (χ0) is 13.2. The molecule has 0 aliphatic rings. The van der Waals surface area contributed by atoms with Gasteiger partial charge in [0, 0.05) is 44.7 Å². The second-order valence-corrected chi connectivity index (χ2v) is 5.36. The molecule has 0 aliphatic heterocycles. The summed E-state index contributed by atoms with van der Waals surface area (Å²) in [5.74, 6) is 0. The van der Waals surface area contributed by atoms with Crippen LogP contribution in [0.15, 0.2) is 53.5 Å². The van der Waals surface area contributed by atoms with Crippen LogP contribution in [0.5, 0.6) is 0 Å². The number of hydrogen-bond acceptors (Lipinski definition) is 3. The Morgan fingerprint density at radius 1 is 1.11 bits per heavy atom. The fourth-order valence-corrected chi connectivity index (χ4v) is 3.46. The van der Waals surface area contributed by atoms with E-state index in [0.29, 0.717) is 0 Å². The standard InChI is InChI=1S/C16H14N2S/c1-18-10-9-14(17)13-7-4-6-12-11-5-2-3-8-15(11)19-16(12)13/h2-10H,17H2,1H3. The van der Waals surface area contributed by atoms with Crippen LogP contribution in [0.3, 0.4) is 0 Å². The summed E-state index contributed by atoms with van der Waals surface area (Å²) in [4.78, 5) is 3.95. The number of hydrogen-bond donors (Lipinski definition) is 1. The fraction of sp³-hybridized carbons (Fsp3) is 0.0625. The third kappa shape index (κ3) is 2.02. The average Bonchev–Trinajstić information content (AvgIpc) is 2.83. The Hall–Kier alpha value is -2.13. The monoisotopic (exact) mass is 266 g/mol. The van der Waals surface area contributed by atoms with E-state index in [0.717, 1.165) is 11.3 Å². The lowest BCUT2D eigenvalue weighted by Gasteiger charge is -2.02. The van der Waals surface area contributed by atoms with Crippen LogP contribution in [0.4, 0.5) is 0 Å². The summed E-state index contributed by atoms with van der Waals surface area (Å²) in [5, 5.41) is 2.56. The number of benzene rings is 2. The Labute approximate surface area is 115 Å². The highest BCUT2D eigenvalue weighted by Crippen LogP contribution is 2.36. The first-order valence-corrected chi connectivity index (χ1v) is 6.91. The Kier molecular flexibility index (Phi) is 3.05. The maximum atomic E-state index is 6.15. The van der Waals surface area contributed by atoms with Crippen molar-refractivity contribution in [2.45, 2.75) is 0 Å². The maximum Gasteiger partial charge on any atom is 0.0448 e. The van der Waals surface area contributed by atoms with Gasteiger partial charge in [-0.2, -0.15) is 0 Å². The minimum atomic E-state index is 0.753. The van der Waals surface area contributed by atoms with Crippen LogP contribution < -0.4 is 5.73 Å². The summed E-state index contributed by atoms with van der Waals surface area (Å²) >= 11 is 1.78. The summed E-state index contributed by atoms with van der Waals surface area (Å²) in [6.07, 6.45) is 3.57. The summed E-state index contributed by atoms with van der Waals surface area (Å²) < 4.78 is 2.53. The molecule has 1 aromatic heterocycles. The van der Waals surface area contributed by atoms with Gasteiger partial charge in [0.2, 0.25) is 0 Å². The molecule has 0 saturated heterocycles. The van der Waals surface area contributed by atoms with Crippen molar-refractivity contribution in [1.29, 1.82) is 0 Å². The lowest BCUT2D eigenvalue weighted by atomic mass is 10.1. The first-order valence-electron chi connectivity index (χ1n) is 6.10. The summed E-state index contributed by atoms with van der Waals surface area (Å²) in [6, 6.07) is 14.7. The third-order valence-electron chi connectivity index (χ3n) is 3.12. The lowest BCUT2D eigenvalue weighted by molar-refractivity contribution is 1.47. The molecule has 0 unspecified atom stereocenters. The highest BCUT2D eigenvalue weighted by molar-refractivity contribution is 7.26. The van der Waals surface area contributed by atoms with E-state index in [2.05, 4.69) is 47.5 Å². The molecular weight excluding hydrogens is 252 g/mol. The Balaban J connectivity index is 2.32. The van der Waals surface area contributed by atoms with Crippen molar-refractivity contribution in [3.63, 3.8) is 0 Å². The maximum absolute atomic E-state index is 6.15. The van der Waals surface area contributed by atoms with Crippen molar-refractivity contribution in [1.82, 2.24) is 0 Å². The molecule has 2 N–H and O–H groups in total. The smallest absolute Gasteiger partial charge is 0.0448 e. The topological polar surface area (TPSA) is 38.4 Å². The average molecular weight is 266 g/mol. The molecule has 0 radical (unpaired) electrons. The van der Waals surface area contributed by atoms with Crippen molar-refractivity contribution >= 4 is 43.4 Å². The SMILES string of the molecule is CN=CC=C(N)c1cccc2c1sc1ccccc12. The van der Waals surface area contributed by atoms with E-state index >= 15 is 0 Å². The largest absolute Gasteiger partial charge is 0.398 e. The van der Waals surface area contributed by atoms with E-state index in [4.69, 9.17) is 5.73 Å².